The summed E-state index contributed by atoms with van der Waals surface area (Å²) in [6, 6.07) is 3.77. The van der Waals surface area contributed by atoms with Crippen molar-refractivity contribution in [2.24, 2.45) is 0 Å². The van der Waals surface area contributed by atoms with Crippen LogP contribution in [-0.2, 0) is 0 Å². The molecule has 17 heavy (non-hydrogen) atoms. The molecule has 1 aromatic carbocycles. The number of allylic oxidation sites excluding steroid dienone is 1. The standard InChI is InChI=1S/C11H11ClN2O3/c1-13(2)6-5-11(15)9-4-3-8(14(16)17)7-10(9)12/h3-7H,1-2H3. The lowest BCUT2D eigenvalue weighted by atomic mass is 10.1. The molecule has 0 amide bonds. The van der Waals surface area contributed by atoms with Gasteiger partial charge in [0.15, 0.2) is 5.78 Å². The van der Waals surface area contributed by atoms with Crippen LogP contribution in [0.1, 0.15) is 10.4 Å². The smallest absolute Gasteiger partial charge is 0.270 e. The molecule has 90 valence electrons. The van der Waals surface area contributed by atoms with E-state index in [0.29, 0.717) is 0 Å². The fourth-order valence-electron chi connectivity index (χ4n) is 1.12. The van der Waals surface area contributed by atoms with E-state index < -0.39 is 4.92 Å². The quantitative estimate of drug-likeness (QED) is 0.358. The zero-order chi connectivity index (χ0) is 13.0. The molecule has 1 aromatic rings. The Bertz CT molecular complexity index is 484. The number of benzene rings is 1. The second kappa shape index (κ2) is 5.45. The molecule has 0 N–H and O–H groups in total. The van der Waals surface area contributed by atoms with Gasteiger partial charge in [-0.05, 0) is 6.07 Å². The number of nitrogens with zero attached hydrogens (tertiary/aromatic N) is 2. The minimum absolute atomic E-state index is 0.0765. The van der Waals surface area contributed by atoms with Crippen LogP contribution in [0.5, 0.6) is 0 Å². The highest BCUT2D eigenvalue weighted by atomic mass is 35.5. The SMILES string of the molecule is CN(C)C=CC(=O)c1ccc([N+](=O)[O-])cc1Cl. The van der Waals surface area contributed by atoms with E-state index in [1.54, 1.807) is 25.2 Å². The first-order valence-corrected chi connectivity index (χ1v) is 5.12. The first-order chi connectivity index (χ1) is 7.91. The van der Waals surface area contributed by atoms with Crippen LogP contribution in [0.4, 0.5) is 5.69 Å². The summed E-state index contributed by atoms with van der Waals surface area (Å²) in [6.07, 6.45) is 2.94. The highest BCUT2D eigenvalue weighted by Crippen LogP contribution is 2.23. The van der Waals surface area contributed by atoms with Crippen LogP contribution in [0.15, 0.2) is 30.5 Å². The van der Waals surface area contributed by atoms with Gasteiger partial charge in [0.2, 0.25) is 0 Å². The second-order valence-corrected chi connectivity index (χ2v) is 3.97. The Morgan fingerprint density at radius 3 is 2.59 bits per heavy atom. The van der Waals surface area contributed by atoms with E-state index in [9.17, 15) is 14.9 Å². The molecule has 0 aliphatic rings. The molecule has 0 atom stereocenters. The number of carbonyl (C=O) groups excluding carboxylic acids is 1. The summed E-state index contributed by atoms with van der Waals surface area (Å²) >= 11 is 5.81. The van der Waals surface area contributed by atoms with Gasteiger partial charge in [0, 0.05) is 44.1 Å². The first kappa shape index (κ1) is 13.2. The van der Waals surface area contributed by atoms with Crippen molar-refractivity contribution in [3.63, 3.8) is 0 Å². The van der Waals surface area contributed by atoms with Crippen LogP contribution in [0.25, 0.3) is 0 Å². The lowest BCUT2D eigenvalue weighted by Crippen LogP contribution is -2.03. The molecule has 0 saturated heterocycles. The van der Waals surface area contributed by atoms with Crippen molar-refractivity contribution in [1.82, 2.24) is 4.90 Å². The van der Waals surface area contributed by atoms with Crippen molar-refractivity contribution in [3.8, 4) is 0 Å². The Hall–Kier alpha value is -1.88. The van der Waals surface area contributed by atoms with Gasteiger partial charge in [-0.25, -0.2) is 0 Å². The Morgan fingerprint density at radius 1 is 1.47 bits per heavy atom. The van der Waals surface area contributed by atoms with E-state index in [2.05, 4.69) is 0 Å². The summed E-state index contributed by atoms with van der Waals surface area (Å²) in [5.41, 5.74) is 0.110. The highest BCUT2D eigenvalue weighted by molar-refractivity contribution is 6.34. The maximum atomic E-state index is 11.7. The maximum absolute atomic E-state index is 11.7. The molecule has 0 radical (unpaired) electrons. The van der Waals surface area contributed by atoms with Crippen molar-refractivity contribution in [2.75, 3.05) is 14.1 Å². The zero-order valence-corrected chi connectivity index (χ0v) is 10.1. The average molecular weight is 255 g/mol. The Balaban J connectivity index is 3.00. The van der Waals surface area contributed by atoms with E-state index in [1.807, 2.05) is 0 Å². The van der Waals surface area contributed by atoms with E-state index in [1.165, 1.54) is 18.2 Å². The average Bonchev–Trinajstić information content (AvgIpc) is 2.25. The van der Waals surface area contributed by atoms with Crippen LogP contribution in [0.2, 0.25) is 5.02 Å². The fraction of sp³-hybridized carbons (Fsp3) is 0.182. The summed E-state index contributed by atoms with van der Waals surface area (Å²) in [5.74, 6) is -0.293. The largest absolute Gasteiger partial charge is 0.383 e. The lowest BCUT2D eigenvalue weighted by molar-refractivity contribution is -0.384. The molecule has 0 unspecified atom stereocenters. The highest BCUT2D eigenvalue weighted by Gasteiger charge is 2.12. The Morgan fingerprint density at radius 2 is 2.12 bits per heavy atom. The van der Waals surface area contributed by atoms with E-state index in [-0.39, 0.29) is 22.1 Å². The molecule has 1 rings (SSSR count). The number of non-ortho nitro benzene ring substituents is 1. The topological polar surface area (TPSA) is 63.5 Å². The van der Waals surface area contributed by atoms with Crippen LogP contribution >= 0.6 is 11.6 Å². The van der Waals surface area contributed by atoms with Gasteiger partial charge in [-0.15, -0.1) is 0 Å². The number of nitro groups is 1. The number of ketones is 1. The van der Waals surface area contributed by atoms with Gasteiger partial charge in [-0.1, -0.05) is 11.6 Å². The first-order valence-electron chi connectivity index (χ1n) is 4.74. The summed E-state index contributed by atoms with van der Waals surface area (Å²) < 4.78 is 0. The van der Waals surface area contributed by atoms with Gasteiger partial charge >= 0.3 is 0 Å². The summed E-state index contributed by atoms with van der Waals surface area (Å²) in [6.45, 7) is 0. The van der Waals surface area contributed by atoms with Gasteiger partial charge in [0.1, 0.15) is 0 Å². The molecule has 0 saturated carbocycles. The van der Waals surface area contributed by atoms with Gasteiger partial charge in [0.05, 0.1) is 9.95 Å². The zero-order valence-electron chi connectivity index (χ0n) is 9.38. The number of hydrogen-bond acceptors (Lipinski definition) is 4. The van der Waals surface area contributed by atoms with Crippen LogP contribution in [-0.4, -0.2) is 29.7 Å². The third-order valence-corrected chi connectivity index (χ3v) is 2.27. The molecule has 0 bridgehead atoms. The summed E-state index contributed by atoms with van der Waals surface area (Å²) in [4.78, 5) is 23.3. The third-order valence-electron chi connectivity index (χ3n) is 1.95. The number of rotatable bonds is 4. The van der Waals surface area contributed by atoms with Gasteiger partial charge in [-0.2, -0.15) is 0 Å². The number of hydrogen-bond donors (Lipinski definition) is 0. The normalized spacial score (nSPS) is 10.5. The molecular weight excluding hydrogens is 244 g/mol. The van der Waals surface area contributed by atoms with Crippen molar-refractivity contribution < 1.29 is 9.72 Å². The Kier molecular flexibility index (Phi) is 4.23. The van der Waals surface area contributed by atoms with Gasteiger partial charge in [0.25, 0.3) is 5.69 Å². The minimum atomic E-state index is -0.560. The van der Waals surface area contributed by atoms with Crippen LogP contribution < -0.4 is 0 Å². The minimum Gasteiger partial charge on any atom is -0.383 e. The molecule has 6 heteroatoms. The predicted molar refractivity (Wildman–Crippen MR) is 65.3 cm³/mol. The van der Waals surface area contributed by atoms with Crippen molar-refractivity contribution in [3.05, 3.63) is 51.2 Å². The summed E-state index contributed by atoms with van der Waals surface area (Å²) in [7, 11) is 3.56. The summed E-state index contributed by atoms with van der Waals surface area (Å²) in [5, 5.41) is 10.6. The molecule has 5 nitrogen and oxygen atoms in total. The molecular formula is C11H11ClN2O3. The molecule has 0 aliphatic carbocycles. The predicted octanol–water partition coefficient (Wildman–Crippen LogP) is 2.51. The van der Waals surface area contributed by atoms with Gasteiger partial charge < -0.3 is 4.90 Å². The molecule has 0 aliphatic heterocycles. The third kappa shape index (κ3) is 3.57. The number of nitro benzene ring substituents is 1. The van der Waals surface area contributed by atoms with E-state index in [0.717, 1.165) is 6.07 Å². The van der Waals surface area contributed by atoms with Crippen LogP contribution in [0, 0.1) is 10.1 Å². The van der Waals surface area contributed by atoms with Crippen molar-refractivity contribution in [1.29, 1.82) is 0 Å². The number of halogens is 1. The monoisotopic (exact) mass is 254 g/mol. The maximum Gasteiger partial charge on any atom is 0.270 e. The Labute approximate surface area is 103 Å². The lowest BCUT2D eigenvalue weighted by Gasteiger charge is -2.03. The molecule has 0 fully saturated rings. The van der Waals surface area contributed by atoms with Crippen molar-refractivity contribution >= 4 is 23.1 Å². The molecule has 0 heterocycles. The number of carbonyl (C=O) groups is 1. The van der Waals surface area contributed by atoms with Crippen LogP contribution in [0.3, 0.4) is 0 Å². The molecule has 0 aromatic heterocycles. The van der Waals surface area contributed by atoms with E-state index >= 15 is 0 Å². The van der Waals surface area contributed by atoms with Crippen molar-refractivity contribution in [2.45, 2.75) is 0 Å². The molecule has 0 spiro atoms. The van der Waals surface area contributed by atoms with Gasteiger partial charge in [-0.3, -0.25) is 14.9 Å². The second-order valence-electron chi connectivity index (χ2n) is 3.56. The fourth-order valence-corrected chi connectivity index (χ4v) is 1.39. The van der Waals surface area contributed by atoms with E-state index in [4.69, 9.17) is 11.6 Å².